The highest BCUT2D eigenvalue weighted by Gasteiger charge is 2.27. The second-order valence-corrected chi connectivity index (χ2v) is 9.36. The van der Waals surface area contributed by atoms with Gasteiger partial charge in [0, 0.05) is 0 Å². The summed E-state index contributed by atoms with van der Waals surface area (Å²) in [5.41, 5.74) is 3.03. The number of hydrogen-bond donors (Lipinski definition) is 1. The largest absolute Gasteiger partial charge is 0.348 e. The van der Waals surface area contributed by atoms with Crippen LogP contribution in [0.4, 0.5) is 10.1 Å². The van der Waals surface area contributed by atoms with Crippen LogP contribution in [0.1, 0.15) is 29.7 Å². The number of hydrogen-bond acceptors (Lipinski definition) is 3. The maximum Gasteiger partial charge on any atom is 0.264 e. The molecule has 0 fully saturated rings. The van der Waals surface area contributed by atoms with Gasteiger partial charge in [-0.15, -0.1) is 0 Å². The fourth-order valence-electron chi connectivity index (χ4n) is 3.12. The summed E-state index contributed by atoms with van der Waals surface area (Å²) in [5.74, 6) is -0.829. The van der Waals surface area contributed by atoms with E-state index in [2.05, 4.69) is 5.32 Å². The zero-order valence-corrected chi connectivity index (χ0v) is 18.5. The summed E-state index contributed by atoms with van der Waals surface area (Å²) >= 11 is 0. The first-order chi connectivity index (χ1) is 14.7. The van der Waals surface area contributed by atoms with Gasteiger partial charge >= 0.3 is 0 Å². The molecule has 162 valence electrons. The minimum absolute atomic E-state index is 0.109. The van der Waals surface area contributed by atoms with Crippen molar-refractivity contribution in [2.45, 2.75) is 31.7 Å². The molecule has 0 heterocycles. The molecule has 1 atom stereocenters. The summed E-state index contributed by atoms with van der Waals surface area (Å²) in [4.78, 5) is 12.9. The summed E-state index contributed by atoms with van der Waals surface area (Å²) in [7, 11) is -3.96. The number of nitrogens with zero attached hydrogens (tertiary/aromatic N) is 1. The number of halogens is 1. The molecule has 3 rings (SSSR count). The number of carbonyl (C=O) groups is 1. The van der Waals surface area contributed by atoms with E-state index < -0.39 is 22.0 Å². The Kier molecular flexibility index (Phi) is 6.75. The van der Waals surface area contributed by atoms with Gasteiger partial charge in [0.1, 0.15) is 12.4 Å². The van der Waals surface area contributed by atoms with Gasteiger partial charge in [-0.05, 0) is 62.7 Å². The van der Waals surface area contributed by atoms with E-state index in [0.29, 0.717) is 5.69 Å². The molecule has 0 aromatic heterocycles. The highest BCUT2D eigenvalue weighted by molar-refractivity contribution is 7.92. The van der Waals surface area contributed by atoms with Gasteiger partial charge in [0.15, 0.2) is 0 Å². The van der Waals surface area contributed by atoms with E-state index in [9.17, 15) is 17.6 Å². The Bertz CT molecular complexity index is 1140. The Balaban J connectivity index is 1.87. The van der Waals surface area contributed by atoms with Gasteiger partial charge < -0.3 is 5.32 Å². The van der Waals surface area contributed by atoms with Crippen LogP contribution in [0.25, 0.3) is 0 Å². The number of nitrogens with one attached hydrogen (secondary N) is 1. The zero-order chi connectivity index (χ0) is 22.6. The van der Waals surface area contributed by atoms with Gasteiger partial charge in [-0.25, -0.2) is 12.8 Å². The van der Waals surface area contributed by atoms with Crippen molar-refractivity contribution in [1.29, 1.82) is 0 Å². The molecule has 0 aliphatic rings. The standard InChI is InChI=1S/C24H25FN2O3S/c1-17-4-12-22(13-5-17)27(31(29,30)23-14-6-18(2)7-15-23)16-24(28)26-19(3)20-8-10-21(25)11-9-20/h4-15,19H,16H2,1-3H3,(H,26,28)/t19-/m0/s1. The molecule has 31 heavy (non-hydrogen) atoms. The van der Waals surface area contributed by atoms with Gasteiger partial charge in [0.25, 0.3) is 10.0 Å². The van der Waals surface area contributed by atoms with Gasteiger partial charge in [0.2, 0.25) is 5.91 Å². The fourth-order valence-corrected chi connectivity index (χ4v) is 4.54. The quantitative estimate of drug-likeness (QED) is 0.588. The lowest BCUT2D eigenvalue weighted by molar-refractivity contribution is -0.120. The lowest BCUT2D eigenvalue weighted by atomic mass is 10.1. The van der Waals surface area contributed by atoms with Crippen LogP contribution in [0.2, 0.25) is 0 Å². The van der Waals surface area contributed by atoms with Crippen molar-refractivity contribution in [3.05, 3.63) is 95.3 Å². The summed E-state index contributed by atoms with van der Waals surface area (Å²) in [6, 6.07) is 18.9. The molecule has 0 bridgehead atoms. The van der Waals surface area contributed by atoms with Crippen molar-refractivity contribution >= 4 is 21.6 Å². The van der Waals surface area contributed by atoms with Crippen LogP contribution in [-0.4, -0.2) is 20.9 Å². The topological polar surface area (TPSA) is 66.5 Å². The van der Waals surface area contributed by atoms with Crippen molar-refractivity contribution in [3.8, 4) is 0 Å². The smallest absolute Gasteiger partial charge is 0.264 e. The van der Waals surface area contributed by atoms with E-state index in [4.69, 9.17) is 0 Å². The molecule has 0 radical (unpaired) electrons. The molecule has 5 nitrogen and oxygen atoms in total. The predicted molar refractivity (Wildman–Crippen MR) is 120 cm³/mol. The molecule has 0 spiro atoms. The van der Waals surface area contributed by atoms with Crippen LogP contribution < -0.4 is 9.62 Å². The molecule has 0 saturated carbocycles. The van der Waals surface area contributed by atoms with E-state index >= 15 is 0 Å². The van der Waals surface area contributed by atoms with Gasteiger partial charge in [-0.1, -0.05) is 47.5 Å². The Morgan fingerprint density at radius 2 is 1.42 bits per heavy atom. The minimum atomic E-state index is -3.96. The van der Waals surface area contributed by atoms with Crippen LogP contribution in [0, 0.1) is 19.7 Å². The molecule has 0 aliphatic heterocycles. The maximum absolute atomic E-state index is 13.4. The third-order valence-electron chi connectivity index (χ3n) is 4.97. The van der Waals surface area contributed by atoms with E-state index in [1.165, 1.54) is 24.3 Å². The monoisotopic (exact) mass is 440 g/mol. The Labute approximate surface area is 182 Å². The van der Waals surface area contributed by atoms with E-state index in [1.807, 2.05) is 13.8 Å². The second-order valence-electron chi connectivity index (χ2n) is 7.50. The first-order valence-corrected chi connectivity index (χ1v) is 11.3. The molecule has 0 aliphatic carbocycles. The van der Waals surface area contributed by atoms with Crippen LogP contribution in [0.15, 0.2) is 77.7 Å². The molecular formula is C24H25FN2O3S. The van der Waals surface area contributed by atoms with Crippen LogP contribution in [0.5, 0.6) is 0 Å². The summed E-state index contributed by atoms with van der Waals surface area (Å²) in [6.07, 6.45) is 0. The normalized spacial score (nSPS) is 12.3. The predicted octanol–water partition coefficient (Wildman–Crippen LogP) is 4.52. The lowest BCUT2D eigenvalue weighted by Crippen LogP contribution is -2.41. The molecule has 1 N–H and O–H groups in total. The fraction of sp³-hybridized carbons (Fsp3) is 0.208. The molecule has 3 aromatic carbocycles. The number of benzene rings is 3. The SMILES string of the molecule is Cc1ccc(N(CC(=O)N[C@@H](C)c2ccc(F)cc2)S(=O)(=O)c2ccc(C)cc2)cc1. The van der Waals surface area contributed by atoms with Gasteiger partial charge in [-0.3, -0.25) is 9.10 Å². The Morgan fingerprint density at radius 1 is 0.903 bits per heavy atom. The molecule has 1 amide bonds. The van der Waals surface area contributed by atoms with Crippen molar-refractivity contribution in [1.82, 2.24) is 5.32 Å². The first-order valence-electron chi connectivity index (χ1n) is 9.88. The average molecular weight is 441 g/mol. The molecule has 3 aromatic rings. The summed E-state index contributed by atoms with van der Waals surface area (Å²) in [5, 5.41) is 2.79. The zero-order valence-electron chi connectivity index (χ0n) is 17.7. The van der Waals surface area contributed by atoms with Crippen molar-refractivity contribution < 1.29 is 17.6 Å². The van der Waals surface area contributed by atoms with Crippen LogP contribution >= 0.6 is 0 Å². The molecule has 0 saturated heterocycles. The molecular weight excluding hydrogens is 415 g/mol. The van der Waals surface area contributed by atoms with Crippen molar-refractivity contribution in [2.24, 2.45) is 0 Å². The van der Waals surface area contributed by atoms with E-state index in [-0.39, 0.29) is 17.3 Å². The maximum atomic E-state index is 13.4. The van der Waals surface area contributed by atoms with Gasteiger partial charge in [0.05, 0.1) is 16.6 Å². The minimum Gasteiger partial charge on any atom is -0.348 e. The second kappa shape index (κ2) is 9.31. The van der Waals surface area contributed by atoms with Crippen LogP contribution in [-0.2, 0) is 14.8 Å². The van der Waals surface area contributed by atoms with E-state index in [1.54, 1.807) is 55.5 Å². The summed E-state index contributed by atoms with van der Waals surface area (Å²) < 4.78 is 41.0. The van der Waals surface area contributed by atoms with Crippen molar-refractivity contribution in [3.63, 3.8) is 0 Å². The third kappa shape index (κ3) is 5.49. The molecule has 0 unspecified atom stereocenters. The number of aryl methyl sites for hydroxylation is 2. The third-order valence-corrected chi connectivity index (χ3v) is 6.75. The molecule has 7 heteroatoms. The average Bonchev–Trinajstić information content (AvgIpc) is 2.73. The van der Waals surface area contributed by atoms with E-state index in [0.717, 1.165) is 21.0 Å². The number of carbonyl (C=O) groups excluding carboxylic acids is 1. The Morgan fingerprint density at radius 3 is 1.97 bits per heavy atom. The highest BCUT2D eigenvalue weighted by atomic mass is 32.2. The lowest BCUT2D eigenvalue weighted by Gasteiger charge is -2.25. The van der Waals surface area contributed by atoms with Gasteiger partial charge in [-0.2, -0.15) is 0 Å². The summed E-state index contributed by atoms with van der Waals surface area (Å²) in [6.45, 7) is 5.15. The first kappa shape index (κ1) is 22.5. The Hall–Kier alpha value is -3.19. The number of anilines is 1. The number of amides is 1. The number of rotatable bonds is 7. The highest BCUT2D eigenvalue weighted by Crippen LogP contribution is 2.24. The number of sulfonamides is 1. The van der Waals surface area contributed by atoms with Crippen molar-refractivity contribution in [2.75, 3.05) is 10.8 Å². The van der Waals surface area contributed by atoms with Crippen LogP contribution in [0.3, 0.4) is 0 Å².